The van der Waals surface area contributed by atoms with Crippen LogP contribution < -0.4 is 5.32 Å². The number of aryl methyl sites for hydroxylation is 1. The third-order valence-electron chi connectivity index (χ3n) is 2.48. The highest BCUT2D eigenvalue weighted by Gasteiger charge is 2.09. The van der Waals surface area contributed by atoms with E-state index in [1.54, 1.807) is 17.5 Å². The number of anilines is 1. The first-order valence-corrected chi connectivity index (χ1v) is 7.62. The van der Waals surface area contributed by atoms with Gasteiger partial charge in [-0.25, -0.2) is 9.67 Å². The molecule has 3 aromatic heterocycles. The molecule has 0 saturated carbocycles. The van der Waals surface area contributed by atoms with Crippen molar-refractivity contribution in [3.8, 4) is 10.6 Å². The van der Waals surface area contributed by atoms with Crippen LogP contribution in [0.2, 0.25) is 0 Å². The van der Waals surface area contributed by atoms with Gasteiger partial charge in [0.15, 0.2) is 5.13 Å². The summed E-state index contributed by atoms with van der Waals surface area (Å²) in [6, 6.07) is 3.92. The number of hydrogen-bond donors (Lipinski definition) is 1. The number of nitrogens with one attached hydrogen (secondary N) is 1. The molecule has 0 radical (unpaired) electrons. The molecule has 20 heavy (non-hydrogen) atoms. The lowest BCUT2D eigenvalue weighted by molar-refractivity contribution is -0.116. The molecule has 0 aromatic carbocycles. The molecule has 102 valence electrons. The van der Waals surface area contributed by atoms with Crippen LogP contribution in [0.15, 0.2) is 29.1 Å². The van der Waals surface area contributed by atoms with Crippen molar-refractivity contribution in [3.05, 3.63) is 34.8 Å². The average Bonchev–Trinajstić information content (AvgIpc) is 3.10. The molecule has 0 aliphatic carbocycles. The van der Waals surface area contributed by atoms with Gasteiger partial charge in [-0.3, -0.25) is 4.79 Å². The van der Waals surface area contributed by atoms with Crippen LogP contribution in [-0.2, 0) is 11.3 Å². The Kier molecular flexibility index (Phi) is 3.57. The summed E-state index contributed by atoms with van der Waals surface area (Å²) < 4.78 is 1.52. The zero-order valence-corrected chi connectivity index (χ0v) is 12.2. The van der Waals surface area contributed by atoms with E-state index in [9.17, 15) is 4.79 Å². The number of hydrogen-bond acceptors (Lipinski definition) is 6. The van der Waals surface area contributed by atoms with Crippen LogP contribution in [-0.4, -0.2) is 25.9 Å². The lowest BCUT2D eigenvalue weighted by Gasteiger charge is -2.00. The van der Waals surface area contributed by atoms with Gasteiger partial charge in [-0.15, -0.1) is 27.8 Å². The second kappa shape index (κ2) is 5.51. The lowest BCUT2D eigenvalue weighted by Crippen LogP contribution is -2.19. The van der Waals surface area contributed by atoms with Crippen molar-refractivity contribution in [2.24, 2.45) is 0 Å². The summed E-state index contributed by atoms with van der Waals surface area (Å²) in [6.45, 7) is 2.01. The Morgan fingerprint density at radius 1 is 1.45 bits per heavy atom. The number of carbonyl (C=O) groups is 1. The molecule has 0 aliphatic heterocycles. The minimum Gasteiger partial charge on any atom is -0.300 e. The third kappa shape index (κ3) is 2.91. The van der Waals surface area contributed by atoms with E-state index < -0.39 is 0 Å². The molecule has 0 saturated heterocycles. The van der Waals surface area contributed by atoms with Gasteiger partial charge in [-0.05, 0) is 18.4 Å². The quantitative estimate of drug-likeness (QED) is 0.803. The van der Waals surface area contributed by atoms with E-state index in [-0.39, 0.29) is 12.5 Å². The highest BCUT2D eigenvalue weighted by atomic mass is 32.1. The van der Waals surface area contributed by atoms with Gasteiger partial charge < -0.3 is 5.32 Å². The second-order valence-electron chi connectivity index (χ2n) is 4.12. The summed E-state index contributed by atoms with van der Waals surface area (Å²) in [5.41, 5.74) is 1.67. The molecule has 3 rings (SSSR count). The maximum atomic E-state index is 11.9. The largest absolute Gasteiger partial charge is 0.300 e. The number of thiazole rings is 1. The lowest BCUT2D eigenvalue weighted by atomic mass is 10.4. The SMILES string of the molecule is Cc1csc(NC(=O)Cn2cc(-c3cccs3)nn2)n1. The highest BCUT2D eigenvalue weighted by molar-refractivity contribution is 7.14. The van der Waals surface area contributed by atoms with E-state index in [4.69, 9.17) is 0 Å². The number of thiophene rings is 1. The summed E-state index contributed by atoms with van der Waals surface area (Å²) in [5.74, 6) is -0.165. The fourth-order valence-electron chi connectivity index (χ4n) is 1.63. The van der Waals surface area contributed by atoms with E-state index in [0.717, 1.165) is 16.3 Å². The smallest absolute Gasteiger partial charge is 0.247 e. The summed E-state index contributed by atoms with van der Waals surface area (Å²) >= 11 is 2.99. The predicted octanol–water partition coefficient (Wildman–Crippen LogP) is 2.41. The molecule has 3 heterocycles. The topological polar surface area (TPSA) is 72.7 Å². The van der Waals surface area contributed by atoms with E-state index in [1.165, 1.54) is 16.0 Å². The molecule has 0 bridgehead atoms. The van der Waals surface area contributed by atoms with Crippen LogP contribution in [0.3, 0.4) is 0 Å². The third-order valence-corrected chi connectivity index (χ3v) is 4.25. The zero-order chi connectivity index (χ0) is 13.9. The van der Waals surface area contributed by atoms with Gasteiger partial charge in [-0.2, -0.15) is 0 Å². The van der Waals surface area contributed by atoms with E-state index >= 15 is 0 Å². The van der Waals surface area contributed by atoms with Gasteiger partial charge >= 0.3 is 0 Å². The zero-order valence-electron chi connectivity index (χ0n) is 10.6. The number of rotatable bonds is 4. The molecule has 6 nitrogen and oxygen atoms in total. The molecule has 1 amide bonds. The van der Waals surface area contributed by atoms with Gasteiger partial charge in [0.2, 0.25) is 5.91 Å². The van der Waals surface area contributed by atoms with Crippen LogP contribution in [0.4, 0.5) is 5.13 Å². The summed E-state index contributed by atoms with van der Waals surface area (Å²) in [6.07, 6.45) is 1.76. The fraction of sp³-hybridized carbons (Fsp3) is 0.167. The van der Waals surface area contributed by atoms with Crippen molar-refractivity contribution >= 4 is 33.7 Å². The Morgan fingerprint density at radius 3 is 3.05 bits per heavy atom. The Morgan fingerprint density at radius 2 is 2.35 bits per heavy atom. The Labute approximate surface area is 123 Å². The van der Waals surface area contributed by atoms with Crippen LogP contribution in [0.5, 0.6) is 0 Å². The first-order chi connectivity index (χ1) is 9.70. The molecule has 3 aromatic rings. The van der Waals surface area contributed by atoms with Gasteiger partial charge in [0, 0.05) is 5.38 Å². The molecular weight excluding hydrogens is 294 g/mol. The van der Waals surface area contributed by atoms with E-state index in [1.807, 2.05) is 29.8 Å². The number of carbonyl (C=O) groups excluding carboxylic acids is 1. The standard InChI is InChI=1S/C12H11N5OS2/c1-8-7-20-12(13-8)14-11(18)6-17-5-9(15-16-17)10-3-2-4-19-10/h2-5,7H,6H2,1H3,(H,13,14,18). The van der Waals surface area contributed by atoms with Crippen molar-refractivity contribution in [2.75, 3.05) is 5.32 Å². The van der Waals surface area contributed by atoms with E-state index in [0.29, 0.717) is 5.13 Å². The molecule has 0 fully saturated rings. The van der Waals surface area contributed by atoms with Crippen LogP contribution >= 0.6 is 22.7 Å². The van der Waals surface area contributed by atoms with Gasteiger partial charge in [0.1, 0.15) is 12.2 Å². The van der Waals surface area contributed by atoms with Crippen LogP contribution in [0.25, 0.3) is 10.6 Å². The maximum absolute atomic E-state index is 11.9. The van der Waals surface area contributed by atoms with Crippen LogP contribution in [0.1, 0.15) is 5.69 Å². The predicted molar refractivity (Wildman–Crippen MR) is 78.8 cm³/mol. The minimum atomic E-state index is -0.165. The highest BCUT2D eigenvalue weighted by Crippen LogP contribution is 2.21. The second-order valence-corrected chi connectivity index (χ2v) is 5.93. The van der Waals surface area contributed by atoms with E-state index in [2.05, 4.69) is 20.6 Å². The molecule has 8 heteroatoms. The molecule has 0 spiro atoms. The van der Waals surface area contributed by atoms with Gasteiger partial charge in [0.25, 0.3) is 0 Å². The molecule has 0 unspecified atom stereocenters. The monoisotopic (exact) mass is 305 g/mol. The van der Waals surface area contributed by atoms with Gasteiger partial charge in [0.05, 0.1) is 16.8 Å². The molecular formula is C12H11N5OS2. The maximum Gasteiger partial charge on any atom is 0.247 e. The van der Waals surface area contributed by atoms with Crippen molar-refractivity contribution in [1.82, 2.24) is 20.0 Å². The molecule has 0 atom stereocenters. The number of amides is 1. The normalized spacial score (nSPS) is 10.7. The number of aromatic nitrogens is 4. The van der Waals surface area contributed by atoms with Crippen molar-refractivity contribution in [1.29, 1.82) is 0 Å². The minimum absolute atomic E-state index is 0.122. The first-order valence-electron chi connectivity index (χ1n) is 5.87. The Bertz CT molecular complexity index is 716. The van der Waals surface area contributed by atoms with Gasteiger partial charge in [-0.1, -0.05) is 11.3 Å². The van der Waals surface area contributed by atoms with Crippen LogP contribution in [0, 0.1) is 6.92 Å². The first kappa shape index (κ1) is 12.9. The Balaban J connectivity index is 1.64. The summed E-state index contributed by atoms with van der Waals surface area (Å²) in [5, 5.41) is 15.2. The summed E-state index contributed by atoms with van der Waals surface area (Å²) in [7, 11) is 0. The van der Waals surface area contributed by atoms with Crippen molar-refractivity contribution in [2.45, 2.75) is 13.5 Å². The fourth-order valence-corrected chi connectivity index (χ4v) is 3.01. The molecule has 1 N–H and O–H groups in total. The van der Waals surface area contributed by atoms with Crippen molar-refractivity contribution < 1.29 is 4.79 Å². The number of nitrogens with zero attached hydrogens (tertiary/aromatic N) is 4. The Hall–Kier alpha value is -2.06. The summed E-state index contributed by atoms with van der Waals surface area (Å²) in [4.78, 5) is 17.1. The average molecular weight is 305 g/mol. The van der Waals surface area contributed by atoms with Crippen molar-refractivity contribution in [3.63, 3.8) is 0 Å². The molecule has 0 aliphatic rings.